The zero-order valence-electron chi connectivity index (χ0n) is 10.5. The monoisotopic (exact) mass is 285 g/mol. The largest absolute Gasteiger partial charge is 0.346 e. The van der Waals surface area contributed by atoms with Crippen LogP contribution in [0.2, 0.25) is 5.02 Å². The van der Waals surface area contributed by atoms with Gasteiger partial charge in [0.15, 0.2) is 9.84 Å². The van der Waals surface area contributed by atoms with Gasteiger partial charge >= 0.3 is 0 Å². The summed E-state index contributed by atoms with van der Waals surface area (Å²) in [5.41, 5.74) is 1.75. The molecule has 0 saturated carbocycles. The van der Waals surface area contributed by atoms with E-state index in [0.29, 0.717) is 5.02 Å². The van der Waals surface area contributed by atoms with E-state index < -0.39 is 9.84 Å². The number of hydrogen-bond acceptors (Lipinski definition) is 2. The maximum atomic E-state index is 11.8. The van der Waals surface area contributed by atoms with E-state index in [1.807, 2.05) is 35.9 Å². The fraction of sp³-hybridized carbons (Fsp3) is 0.385. The molecule has 0 amide bonds. The highest BCUT2D eigenvalue weighted by Crippen LogP contribution is 2.29. The number of halogens is 1. The molecule has 0 unspecified atom stereocenters. The van der Waals surface area contributed by atoms with Gasteiger partial charge in [-0.15, -0.1) is 0 Å². The zero-order valence-corrected chi connectivity index (χ0v) is 12.1. The lowest BCUT2D eigenvalue weighted by atomic mass is 10.2. The van der Waals surface area contributed by atoms with Gasteiger partial charge in [-0.25, -0.2) is 8.42 Å². The van der Waals surface area contributed by atoms with Gasteiger partial charge in [-0.05, 0) is 18.6 Å². The predicted molar refractivity (Wildman–Crippen MR) is 75.8 cm³/mol. The Kier molecular flexibility index (Phi) is 3.69. The van der Waals surface area contributed by atoms with Crippen LogP contribution in [0.15, 0.2) is 24.4 Å². The Labute approximate surface area is 112 Å². The highest BCUT2D eigenvalue weighted by Gasteiger charge is 2.16. The number of sulfone groups is 1. The number of benzene rings is 1. The first kappa shape index (κ1) is 13.4. The zero-order chi connectivity index (χ0) is 13.3. The van der Waals surface area contributed by atoms with Gasteiger partial charge in [0.05, 0.1) is 16.3 Å². The van der Waals surface area contributed by atoms with Crippen LogP contribution in [0, 0.1) is 0 Å². The third-order valence-corrected chi connectivity index (χ3v) is 5.02. The molecule has 0 aliphatic rings. The molecule has 0 spiro atoms. The van der Waals surface area contributed by atoms with Crippen LogP contribution in [0.1, 0.15) is 19.4 Å². The van der Waals surface area contributed by atoms with Crippen molar-refractivity contribution < 1.29 is 8.42 Å². The van der Waals surface area contributed by atoms with Crippen molar-refractivity contribution >= 4 is 32.3 Å². The summed E-state index contributed by atoms with van der Waals surface area (Å²) in [6.45, 7) is 4.45. The predicted octanol–water partition coefficient (Wildman–Crippen LogP) is 3.25. The molecule has 0 fully saturated rings. The van der Waals surface area contributed by atoms with Gasteiger partial charge in [0.25, 0.3) is 0 Å². The number of rotatable bonds is 4. The van der Waals surface area contributed by atoms with Crippen molar-refractivity contribution in [2.24, 2.45) is 0 Å². The minimum atomic E-state index is -3.03. The molecule has 0 bridgehead atoms. The first-order chi connectivity index (χ1) is 8.48. The number of hydrogen-bond donors (Lipinski definition) is 0. The summed E-state index contributed by atoms with van der Waals surface area (Å²) in [6.07, 6.45) is 1.89. The fourth-order valence-corrected chi connectivity index (χ4v) is 3.28. The molecule has 0 aliphatic heterocycles. The quantitative estimate of drug-likeness (QED) is 0.865. The normalized spacial score (nSPS) is 12.2. The van der Waals surface area contributed by atoms with Crippen molar-refractivity contribution in [1.29, 1.82) is 0 Å². The summed E-state index contributed by atoms with van der Waals surface area (Å²) in [5.74, 6) is 0.236. The summed E-state index contributed by atoms with van der Waals surface area (Å²) >= 11 is 6.19. The summed E-state index contributed by atoms with van der Waals surface area (Å²) in [7, 11) is -3.03. The van der Waals surface area contributed by atoms with E-state index in [4.69, 9.17) is 11.6 Å². The molecule has 2 rings (SSSR count). The van der Waals surface area contributed by atoms with Gasteiger partial charge in [-0.1, -0.05) is 30.7 Å². The first-order valence-electron chi connectivity index (χ1n) is 5.95. The second-order valence-electron chi connectivity index (χ2n) is 4.25. The Hall–Kier alpha value is -1.00. The van der Waals surface area contributed by atoms with E-state index in [1.165, 1.54) is 0 Å². The van der Waals surface area contributed by atoms with Crippen LogP contribution < -0.4 is 0 Å². The smallest absolute Gasteiger partial charge is 0.154 e. The van der Waals surface area contributed by atoms with E-state index in [2.05, 4.69) is 0 Å². The third-order valence-electron chi connectivity index (χ3n) is 3.09. The van der Waals surface area contributed by atoms with Gasteiger partial charge in [0.1, 0.15) is 0 Å². The molecule has 0 aliphatic carbocycles. The van der Waals surface area contributed by atoms with E-state index >= 15 is 0 Å². The van der Waals surface area contributed by atoms with Crippen molar-refractivity contribution in [2.45, 2.75) is 26.1 Å². The van der Waals surface area contributed by atoms with Crippen molar-refractivity contribution in [1.82, 2.24) is 4.57 Å². The standard InChI is InChI=1S/C13H16ClNO2S/c1-3-15-8-10(9-18(16,17)4-2)11-6-5-7-12(14)13(11)15/h5-8H,3-4,9H2,1-2H3. The van der Waals surface area contributed by atoms with Crippen LogP contribution in [0.4, 0.5) is 0 Å². The number of para-hydroxylation sites is 1. The van der Waals surface area contributed by atoms with Crippen LogP contribution in [-0.2, 0) is 22.1 Å². The Balaban J connectivity index is 2.63. The maximum absolute atomic E-state index is 11.8. The Bertz CT molecular complexity index is 674. The van der Waals surface area contributed by atoms with E-state index in [9.17, 15) is 8.42 Å². The molecule has 0 radical (unpaired) electrons. The molecule has 98 valence electrons. The number of nitrogens with zero attached hydrogens (tertiary/aromatic N) is 1. The van der Waals surface area contributed by atoms with E-state index in [1.54, 1.807) is 6.92 Å². The molecule has 1 aromatic heterocycles. The van der Waals surface area contributed by atoms with E-state index in [-0.39, 0.29) is 11.5 Å². The fourth-order valence-electron chi connectivity index (χ4n) is 2.09. The molecule has 0 atom stereocenters. The van der Waals surface area contributed by atoms with Gasteiger partial charge in [0.2, 0.25) is 0 Å². The third kappa shape index (κ3) is 2.40. The molecule has 1 aromatic carbocycles. The summed E-state index contributed by atoms with van der Waals surface area (Å²) in [4.78, 5) is 0. The second-order valence-corrected chi connectivity index (χ2v) is 7.01. The number of aromatic nitrogens is 1. The highest BCUT2D eigenvalue weighted by atomic mass is 35.5. The molecule has 0 N–H and O–H groups in total. The molecular formula is C13H16ClNO2S. The van der Waals surface area contributed by atoms with Crippen LogP contribution in [0.5, 0.6) is 0 Å². The molecule has 18 heavy (non-hydrogen) atoms. The number of aryl methyl sites for hydroxylation is 1. The summed E-state index contributed by atoms with van der Waals surface area (Å²) in [6, 6.07) is 5.61. The van der Waals surface area contributed by atoms with Gasteiger partial charge < -0.3 is 4.57 Å². The summed E-state index contributed by atoms with van der Waals surface area (Å²) < 4.78 is 25.5. The van der Waals surface area contributed by atoms with Gasteiger partial charge in [-0.2, -0.15) is 0 Å². The lowest BCUT2D eigenvalue weighted by Crippen LogP contribution is -2.06. The Morgan fingerprint density at radius 1 is 1.28 bits per heavy atom. The molecule has 0 saturated heterocycles. The van der Waals surface area contributed by atoms with Crippen LogP contribution in [0.25, 0.3) is 10.9 Å². The van der Waals surface area contributed by atoms with Crippen molar-refractivity contribution in [2.75, 3.05) is 5.75 Å². The van der Waals surface area contributed by atoms with Crippen LogP contribution in [0.3, 0.4) is 0 Å². The van der Waals surface area contributed by atoms with Crippen molar-refractivity contribution in [3.63, 3.8) is 0 Å². The average Bonchev–Trinajstić information content (AvgIpc) is 2.68. The van der Waals surface area contributed by atoms with Crippen LogP contribution in [-0.4, -0.2) is 18.7 Å². The Morgan fingerprint density at radius 3 is 2.61 bits per heavy atom. The van der Waals surface area contributed by atoms with Crippen molar-refractivity contribution in [3.05, 3.63) is 35.0 Å². The van der Waals surface area contributed by atoms with Gasteiger partial charge in [0, 0.05) is 23.9 Å². The molecule has 1 heterocycles. The Morgan fingerprint density at radius 2 is 2.00 bits per heavy atom. The first-order valence-corrected chi connectivity index (χ1v) is 8.15. The molecular weight excluding hydrogens is 270 g/mol. The number of fused-ring (bicyclic) bond motifs is 1. The minimum Gasteiger partial charge on any atom is -0.346 e. The second kappa shape index (κ2) is 4.94. The lowest BCUT2D eigenvalue weighted by Gasteiger charge is -2.01. The molecule has 5 heteroatoms. The maximum Gasteiger partial charge on any atom is 0.154 e. The molecule has 2 aromatic rings. The highest BCUT2D eigenvalue weighted by molar-refractivity contribution is 7.90. The van der Waals surface area contributed by atoms with E-state index in [0.717, 1.165) is 23.0 Å². The SMILES string of the molecule is CCn1cc(CS(=O)(=O)CC)c2cccc(Cl)c21. The topological polar surface area (TPSA) is 39.1 Å². The van der Waals surface area contributed by atoms with Gasteiger partial charge in [-0.3, -0.25) is 0 Å². The molecule has 3 nitrogen and oxygen atoms in total. The average molecular weight is 286 g/mol. The minimum absolute atomic E-state index is 0.0767. The summed E-state index contributed by atoms with van der Waals surface area (Å²) in [5, 5.41) is 1.59. The van der Waals surface area contributed by atoms with Crippen molar-refractivity contribution in [3.8, 4) is 0 Å². The van der Waals surface area contributed by atoms with Crippen LogP contribution >= 0.6 is 11.6 Å². The lowest BCUT2D eigenvalue weighted by molar-refractivity contribution is 0.596.